The molecule has 26 heteroatoms. The lowest BCUT2D eigenvalue weighted by molar-refractivity contribution is 0.0867. The van der Waals surface area contributed by atoms with E-state index in [1.165, 1.54) is 37.2 Å². The molecule has 388 valence electrons. The van der Waals surface area contributed by atoms with Gasteiger partial charge in [0, 0.05) is 18.6 Å². The number of nitrogens with one attached hydrogen (secondary N) is 5. The summed E-state index contributed by atoms with van der Waals surface area (Å²) in [5.74, 6) is 0.684. The number of nitrogen functional groups attached to an aromatic ring is 1. The molecule has 3 amide bonds. The van der Waals surface area contributed by atoms with Gasteiger partial charge in [0.05, 0.1) is 19.5 Å². The summed E-state index contributed by atoms with van der Waals surface area (Å²) < 4.78 is 5.04. The number of nitrogens with zero attached hydrogens (tertiary/aromatic N) is 9. The fourth-order valence-corrected chi connectivity index (χ4v) is 11.9. The average Bonchev–Trinajstić information content (AvgIpc) is 3.98. The maximum absolute atomic E-state index is 13.0. The Kier molecular flexibility index (Phi) is 16.4. The Morgan fingerprint density at radius 2 is 0.838 bits per heavy atom. The van der Waals surface area contributed by atoms with Gasteiger partial charge in [0.25, 0.3) is 34.4 Å². The largest absolute Gasteiger partial charge is 0.384 e. The molecule has 0 unspecified atom stereocenters. The van der Waals surface area contributed by atoms with Gasteiger partial charge in [-0.25, -0.2) is 29.9 Å². The Morgan fingerprint density at radius 3 is 1.15 bits per heavy atom. The second-order valence-electron chi connectivity index (χ2n) is 18.3. The van der Waals surface area contributed by atoms with Gasteiger partial charge in [0.2, 0.25) is 0 Å². The molecule has 12 rings (SSSR count). The lowest BCUT2D eigenvalue weighted by Gasteiger charge is -2.35. The van der Waals surface area contributed by atoms with Crippen molar-refractivity contribution in [3.8, 4) is 0 Å². The van der Waals surface area contributed by atoms with E-state index >= 15 is 0 Å². The summed E-state index contributed by atoms with van der Waals surface area (Å²) in [6.45, 7) is 0. The van der Waals surface area contributed by atoms with E-state index in [4.69, 9.17) is 40.5 Å². The molecule has 6 aromatic rings. The zero-order chi connectivity index (χ0) is 51.5. The van der Waals surface area contributed by atoms with Crippen LogP contribution >= 0.6 is 63.1 Å². The summed E-state index contributed by atoms with van der Waals surface area (Å²) in [7, 11) is 0. The zero-order valence-corrected chi connectivity index (χ0v) is 44.2. The molecule has 6 aromatic heterocycles. The van der Waals surface area contributed by atoms with E-state index < -0.39 is 17.0 Å². The Balaban J connectivity index is 0.000000139. The molecular weight excluding hydrogens is 1100 g/mol. The number of rotatable bonds is 4. The number of nitrogens with two attached hydrogens (primary N) is 1. The maximum atomic E-state index is 13.0. The first-order chi connectivity index (χ1) is 35.2. The van der Waals surface area contributed by atoms with Gasteiger partial charge in [-0.1, -0.05) is 54.1 Å². The van der Waals surface area contributed by atoms with Crippen LogP contribution in [-0.4, -0.2) is 61.3 Å². The Morgan fingerprint density at radius 1 is 0.500 bits per heavy atom. The highest BCUT2D eigenvalue weighted by molar-refractivity contribution is 9.10. The van der Waals surface area contributed by atoms with Crippen molar-refractivity contribution in [2.24, 2.45) is 0 Å². The van der Waals surface area contributed by atoms with E-state index in [1.807, 2.05) is 0 Å². The van der Waals surface area contributed by atoms with Crippen LogP contribution in [0.5, 0.6) is 0 Å². The number of aromatic nitrogens is 9. The van der Waals surface area contributed by atoms with E-state index in [-0.39, 0.29) is 68.2 Å². The second kappa shape index (κ2) is 22.6. The van der Waals surface area contributed by atoms with Crippen LogP contribution in [0.4, 0.5) is 28.8 Å². The highest BCUT2D eigenvalue weighted by Crippen LogP contribution is 2.41. The van der Waals surface area contributed by atoms with Gasteiger partial charge >= 0.3 is 0 Å². The van der Waals surface area contributed by atoms with Gasteiger partial charge in [-0.2, -0.15) is 0 Å². The van der Waals surface area contributed by atoms with Crippen LogP contribution in [-0.2, 0) is 17.0 Å². The Hall–Kier alpha value is -6.46. The highest BCUT2D eigenvalue weighted by Gasteiger charge is 2.48. The second-order valence-corrected chi connectivity index (χ2v) is 20.4. The van der Waals surface area contributed by atoms with Crippen LogP contribution < -0.4 is 49.0 Å². The van der Waals surface area contributed by atoms with Crippen LogP contribution in [0.1, 0.15) is 128 Å². The maximum Gasteiger partial charge on any atom is 0.276 e. The van der Waals surface area contributed by atoms with Gasteiger partial charge in [-0.15, -0.1) is 12.4 Å². The first-order valence-electron chi connectivity index (χ1n) is 23.7. The van der Waals surface area contributed by atoms with Crippen molar-refractivity contribution < 1.29 is 14.4 Å². The first kappa shape index (κ1) is 53.8. The number of pyridine rings is 3. The van der Waals surface area contributed by atoms with Crippen molar-refractivity contribution in [3.05, 3.63) is 142 Å². The predicted octanol–water partition coefficient (Wildman–Crippen LogP) is 7.90. The van der Waals surface area contributed by atoms with E-state index in [0.717, 1.165) is 96.3 Å². The molecule has 0 saturated heterocycles. The van der Waals surface area contributed by atoms with Crippen LogP contribution in [0.15, 0.2) is 92.8 Å². The Labute approximate surface area is 452 Å². The van der Waals surface area contributed by atoms with Gasteiger partial charge in [-0.3, -0.25) is 42.5 Å². The van der Waals surface area contributed by atoms with Crippen molar-refractivity contribution in [2.75, 3.05) is 16.4 Å². The van der Waals surface area contributed by atoms with Crippen molar-refractivity contribution in [3.63, 3.8) is 0 Å². The fraction of sp³-hybridized carbons (Fsp3) is 0.375. The highest BCUT2D eigenvalue weighted by atomic mass is 79.9. The van der Waals surface area contributed by atoms with Gasteiger partial charge < -0.3 is 32.3 Å². The van der Waals surface area contributed by atoms with Crippen molar-refractivity contribution in [1.29, 1.82) is 0 Å². The lowest BCUT2D eigenvalue weighted by Crippen LogP contribution is -2.48. The number of carbonyl (C=O) groups is 3. The molecule has 7 N–H and O–H groups in total. The minimum absolute atomic E-state index is 0. The number of fused-ring (bicyclic) bond motifs is 6. The molecule has 0 atom stereocenters. The molecule has 74 heavy (non-hydrogen) atoms. The van der Waals surface area contributed by atoms with Crippen LogP contribution in [0.3, 0.4) is 0 Å². The number of anilines is 5. The van der Waals surface area contributed by atoms with Crippen molar-refractivity contribution in [2.45, 2.75) is 113 Å². The molecule has 3 fully saturated rings. The number of carbonyl (C=O) groups excluding carboxylic acids is 3. The van der Waals surface area contributed by atoms with E-state index in [0.29, 0.717) is 44.0 Å². The minimum atomic E-state index is -0.658. The average molecular weight is 1150 g/mol. The molecule has 3 spiro atoms. The minimum Gasteiger partial charge on any atom is -0.384 e. The molecule has 3 aliphatic heterocycles. The lowest BCUT2D eigenvalue weighted by atomic mass is 9.89. The van der Waals surface area contributed by atoms with E-state index in [9.17, 15) is 28.8 Å². The number of hydrogen-bond donors (Lipinski definition) is 6. The molecular formula is C48H50BrCl4N15O6. The number of hydrogen-bond acceptors (Lipinski definition) is 15. The number of halogens is 5. The predicted molar refractivity (Wildman–Crippen MR) is 285 cm³/mol. The van der Waals surface area contributed by atoms with Crippen LogP contribution in [0.25, 0.3) is 0 Å². The third kappa shape index (κ3) is 10.6. The number of amides is 3. The summed E-state index contributed by atoms with van der Waals surface area (Å²) in [5, 5.41) is 15.7. The SMILES string of the molecule is Cl.Nc1ccncn1.O=C1NC2(CCCCC2)n2c1c(Cl)cc(Br)c2=O.O=C1NC2(CCCCC2)n2c1c(Cl)cc(Nc1ccncn1)c2=O.O=C1NC2(CCCCC2)n2c1c(Cl)cc(Nc1ccncn1)c2=O. The molecule has 21 nitrogen and oxygen atoms in total. The third-order valence-electron chi connectivity index (χ3n) is 13.7. The molecule has 0 aromatic carbocycles. The van der Waals surface area contributed by atoms with Crippen LogP contribution in [0.2, 0.25) is 15.1 Å². The Bertz CT molecular complexity index is 3110. The zero-order valence-electron chi connectivity index (χ0n) is 39.5. The third-order valence-corrected chi connectivity index (χ3v) is 15.2. The van der Waals surface area contributed by atoms with E-state index in [2.05, 4.69) is 72.4 Å². The first-order valence-corrected chi connectivity index (χ1v) is 25.7. The van der Waals surface area contributed by atoms with Crippen molar-refractivity contribution in [1.82, 2.24) is 59.6 Å². The fourth-order valence-electron chi connectivity index (χ4n) is 10.5. The quantitative estimate of drug-likeness (QED) is 0.0979. The molecule has 3 saturated carbocycles. The molecule has 0 bridgehead atoms. The molecule has 3 aliphatic carbocycles. The summed E-state index contributed by atoms with van der Waals surface area (Å²) in [5.41, 5.74) is 3.99. The summed E-state index contributed by atoms with van der Waals surface area (Å²) in [4.78, 5) is 98.3. The molecule has 9 heterocycles. The van der Waals surface area contributed by atoms with Gasteiger partial charge in [0.15, 0.2) is 0 Å². The summed E-state index contributed by atoms with van der Waals surface area (Å²) in [6, 6.07) is 9.42. The summed E-state index contributed by atoms with van der Waals surface area (Å²) >= 11 is 21.9. The standard InChI is InChI=1S/2C16H16ClN5O2.C12H12BrClN2O2.C4H5N3.ClH/c2*17-10-8-11(20-12-4-7-18-9-19-12)15(24)22-13(10)14(23)21-16(22)5-2-1-3-6-16;13-7-6-8(14)9-10(17)15-12(16(9)11(7)18)4-2-1-3-5-12;5-4-1-2-6-3-7-4;/h2*4,7-9H,1-3,5-6H2,(H,21,23)(H,18,19,20);6H,1-5H2,(H,15,17);1-3H,(H2,5,6,7);1H. The van der Waals surface area contributed by atoms with E-state index in [1.54, 1.807) is 50.5 Å². The summed E-state index contributed by atoms with van der Waals surface area (Å²) in [6.07, 6.45) is 22.7. The smallest absolute Gasteiger partial charge is 0.276 e. The van der Waals surface area contributed by atoms with Gasteiger partial charge in [0.1, 0.15) is 81.9 Å². The van der Waals surface area contributed by atoms with Gasteiger partial charge in [-0.05, 0) is 129 Å². The van der Waals surface area contributed by atoms with Crippen LogP contribution in [0, 0.1) is 0 Å². The normalized spacial score (nSPS) is 17.8. The molecule has 0 radical (unpaired) electrons. The topological polar surface area (TPSA) is 281 Å². The monoisotopic (exact) mass is 1150 g/mol. The van der Waals surface area contributed by atoms with Crippen molar-refractivity contribution >= 4 is 110 Å². The molecule has 6 aliphatic rings.